The molecule has 0 bridgehead atoms. The number of thiazole rings is 1. The Morgan fingerprint density at radius 1 is 1.39 bits per heavy atom. The summed E-state index contributed by atoms with van der Waals surface area (Å²) in [6.45, 7) is 3.36. The predicted molar refractivity (Wildman–Crippen MR) is 109 cm³/mol. The lowest BCUT2D eigenvalue weighted by molar-refractivity contribution is -0.123. The third-order valence-corrected chi connectivity index (χ3v) is 6.72. The van der Waals surface area contributed by atoms with Crippen LogP contribution in [0.2, 0.25) is 5.02 Å². The van der Waals surface area contributed by atoms with Crippen molar-refractivity contribution in [2.75, 3.05) is 13.1 Å². The third kappa shape index (κ3) is 3.36. The molecule has 1 atom stereocenters. The highest BCUT2D eigenvalue weighted by Gasteiger charge is 2.34. The van der Waals surface area contributed by atoms with Crippen LogP contribution in [-0.2, 0) is 11.2 Å². The third-order valence-electron chi connectivity index (χ3n) is 5.31. The van der Waals surface area contributed by atoms with Crippen LogP contribution in [-0.4, -0.2) is 43.6 Å². The van der Waals surface area contributed by atoms with Crippen LogP contribution in [0.25, 0.3) is 4.96 Å². The fourth-order valence-electron chi connectivity index (χ4n) is 3.76. The number of aryl methyl sites for hydroxylation is 1. The second kappa shape index (κ2) is 7.69. The molecule has 1 saturated heterocycles. The number of halogens is 1. The second-order valence-corrected chi connectivity index (χ2v) is 8.42. The van der Waals surface area contributed by atoms with Gasteiger partial charge in [-0.1, -0.05) is 48.1 Å². The van der Waals surface area contributed by atoms with Crippen molar-refractivity contribution in [2.24, 2.45) is 11.7 Å². The van der Waals surface area contributed by atoms with E-state index in [1.807, 2.05) is 31.2 Å². The first-order valence-electron chi connectivity index (χ1n) is 9.34. The van der Waals surface area contributed by atoms with E-state index in [1.165, 1.54) is 15.9 Å². The van der Waals surface area contributed by atoms with Crippen molar-refractivity contribution in [3.05, 3.63) is 45.6 Å². The van der Waals surface area contributed by atoms with E-state index in [4.69, 9.17) is 17.3 Å². The zero-order valence-electron chi connectivity index (χ0n) is 15.5. The van der Waals surface area contributed by atoms with E-state index in [1.54, 1.807) is 0 Å². The molecule has 7 nitrogen and oxygen atoms in total. The van der Waals surface area contributed by atoms with Crippen molar-refractivity contribution in [3.63, 3.8) is 0 Å². The Labute approximate surface area is 171 Å². The molecule has 3 heterocycles. The van der Waals surface area contributed by atoms with Gasteiger partial charge in [-0.15, -0.1) is 5.10 Å². The lowest BCUT2D eigenvalue weighted by Crippen LogP contribution is -2.40. The number of nitrogens with two attached hydrogens (primary N) is 1. The molecule has 0 radical (unpaired) electrons. The fraction of sp³-hybridized carbons (Fsp3) is 0.421. The number of amides is 1. The Hall–Kier alpha value is -2.16. The molecule has 3 aromatic rings. The first kappa shape index (κ1) is 19.2. The molecule has 1 fully saturated rings. The van der Waals surface area contributed by atoms with Gasteiger partial charge in [0.25, 0.3) is 0 Å². The zero-order chi connectivity index (χ0) is 19.8. The van der Waals surface area contributed by atoms with Crippen molar-refractivity contribution >= 4 is 33.8 Å². The molecule has 1 aromatic carbocycles. The van der Waals surface area contributed by atoms with Crippen molar-refractivity contribution in [2.45, 2.75) is 32.2 Å². The van der Waals surface area contributed by atoms with Gasteiger partial charge in [0.05, 0.1) is 10.9 Å². The van der Waals surface area contributed by atoms with E-state index in [-0.39, 0.29) is 23.7 Å². The number of rotatable bonds is 5. The molecule has 1 amide bonds. The number of piperidine rings is 1. The van der Waals surface area contributed by atoms with Crippen molar-refractivity contribution in [1.29, 1.82) is 0 Å². The molecule has 1 aliphatic heterocycles. The molecule has 28 heavy (non-hydrogen) atoms. The van der Waals surface area contributed by atoms with Gasteiger partial charge in [0.1, 0.15) is 0 Å². The number of hydrogen-bond donors (Lipinski definition) is 2. The number of nitrogens with zero attached hydrogens (tertiary/aromatic N) is 4. The predicted octanol–water partition coefficient (Wildman–Crippen LogP) is 3.00. The summed E-state index contributed by atoms with van der Waals surface area (Å²) in [5.41, 5.74) is 6.40. The largest absolute Gasteiger partial charge is 0.492 e. The summed E-state index contributed by atoms with van der Waals surface area (Å²) in [5.74, 6) is 0.438. The van der Waals surface area contributed by atoms with Crippen LogP contribution in [0.5, 0.6) is 5.88 Å². The average molecular weight is 420 g/mol. The second-order valence-electron chi connectivity index (χ2n) is 7.00. The van der Waals surface area contributed by atoms with Crippen LogP contribution in [0, 0.1) is 5.92 Å². The molecule has 1 aliphatic rings. The molecule has 4 rings (SSSR count). The molecule has 148 valence electrons. The van der Waals surface area contributed by atoms with Gasteiger partial charge in [0.2, 0.25) is 16.7 Å². The molecule has 3 N–H and O–H groups in total. The number of aromatic hydroxyl groups is 1. The molecular weight excluding hydrogens is 398 g/mol. The number of likely N-dealkylation sites (tertiary alicyclic amines) is 1. The minimum absolute atomic E-state index is 0.0918. The summed E-state index contributed by atoms with van der Waals surface area (Å²) in [6.07, 6.45) is 2.09. The van der Waals surface area contributed by atoms with E-state index in [0.29, 0.717) is 48.2 Å². The van der Waals surface area contributed by atoms with Gasteiger partial charge in [-0.3, -0.25) is 9.69 Å². The molecule has 0 unspecified atom stereocenters. The highest BCUT2D eigenvalue weighted by molar-refractivity contribution is 7.17. The summed E-state index contributed by atoms with van der Waals surface area (Å²) < 4.78 is 1.50. The Morgan fingerprint density at radius 3 is 2.71 bits per heavy atom. The minimum atomic E-state index is -0.248. The van der Waals surface area contributed by atoms with Gasteiger partial charge in [-0.05, 0) is 37.6 Å². The monoisotopic (exact) mass is 419 g/mol. The molecular formula is C19H22ClN5O2S. The maximum atomic E-state index is 11.5. The van der Waals surface area contributed by atoms with Crippen LogP contribution in [0.15, 0.2) is 24.3 Å². The average Bonchev–Trinajstić information content (AvgIpc) is 3.23. The smallest absolute Gasteiger partial charge is 0.230 e. The lowest BCUT2D eigenvalue weighted by atomic mass is 9.93. The SMILES string of the molecule is CCc1nc2sc([C@H](c3ccccc3Cl)N3CCC(C(N)=O)CC3)c(O)n2n1. The van der Waals surface area contributed by atoms with Gasteiger partial charge >= 0.3 is 0 Å². The van der Waals surface area contributed by atoms with Crippen LogP contribution in [0.3, 0.4) is 0 Å². The molecule has 2 aromatic heterocycles. The summed E-state index contributed by atoms with van der Waals surface area (Å²) >= 11 is 7.94. The van der Waals surface area contributed by atoms with Crippen LogP contribution in [0.1, 0.15) is 42.1 Å². The number of benzene rings is 1. The fourth-order valence-corrected chi connectivity index (χ4v) is 5.13. The van der Waals surface area contributed by atoms with E-state index in [2.05, 4.69) is 15.0 Å². The van der Waals surface area contributed by atoms with Gasteiger partial charge in [0.15, 0.2) is 5.82 Å². The number of hydrogen-bond acceptors (Lipinski definition) is 6. The number of carbonyl (C=O) groups is 1. The van der Waals surface area contributed by atoms with Crippen molar-refractivity contribution in [3.8, 4) is 5.88 Å². The minimum Gasteiger partial charge on any atom is -0.492 e. The molecule has 9 heteroatoms. The van der Waals surface area contributed by atoms with Gasteiger partial charge < -0.3 is 10.8 Å². The van der Waals surface area contributed by atoms with Gasteiger partial charge in [0, 0.05) is 17.4 Å². The Morgan fingerprint density at radius 2 is 2.11 bits per heavy atom. The maximum absolute atomic E-state index is 11.5. The van der Waals surface area contributed by atoms with E-state index < -0.39 is 0 Å². The van der Waals surface area contributed by atoms with Crippen LogP contribution in [0.4, 0.5) is 0 Å². The highest BCUT2D eigenvalue weighted by Crippen LogP contribution is 2.43. The van der Waals surface area contributed by atoms with E-state index in [0.717, 1.165) is 10.4 Å². The Bertz CT molecular complexity index is 1010. The van der Waals surface area contributed by atoms with E-state index >= 15 is 0 Å². The van der Waals surface area contributed by atoms with Gasteiger partial charge in [-0.2, -0.15) is 4.52 Å². The normalized spacial score (nSPS) is 17.2. The van der Waals surface area contributed by atoms with Gasteiger partial charge in [-0.25, -0.2) is 4.98 Å². The van der Waals surface area contributed by atoms with Crippen LogP contribution < -0.4 is 5.73 Å². The molecule has 0 saturated carbocycles. The van der Waals surface area contributed by atoms with Crippen LogP contribution >= 0.6 is 22.9 Å². The van der Waals surface area contributed by atoms with Crippen molar-refractivity contribution < 1.29 is 9.90 Å². The summed E-state index contributed by atoms with van der Waals surface area (Å²) in [5, 5.41) is 15.9. The standard InChI is InChI=1S/C19H22ClN5O2S/c1-2-14-22-19-25(23-14)18(27)16(28-19)15(12-5-3-4-6-13(12)20)24-9-7-11(8-10-24)17(21)26/h3-6,11,15,27H,2,7-10H2,1H3,(H2,21,26)/t15-/m0/s1. The maximum Gasteiger partial charge on any atom is 0.230 e. The quantitative estimate of drug-likeness (QED) is 0.662. The lowest BCUT2D eigenvalue weighted by Gasteiger charge is -2.36. The summed E-state index contributed by atoms with van der Waals surface area (Å²) in [4.78, 5) is 19.7. The Balaban J connectivity index is 1.76. The Kier molecular flexibility index (Phi) is 5.27. The molecule has 0 aliphatic carbocycles. The number of fused-ring (bicyclic) bond motifs is 1. The first-order valence-corrected chi connectivity index (χ1v) is 10.5. The summed E-state index contributed by atoms with van der Waals surface area (Å²) in [6, 6.07) is 7.41. The number of aromatic nitrogens is 3. The highest BCUT2D eigenvalue weighted by atomic mass is 35.5. The summed E-state index contributed by atoms with van der Waals surface area (Å²) in [7, 11) is 0. The van der Waals surface area contributed by atoms with E-state index in [9.17, 15) is 9.90 Å². The zero-order valence-corrected chi connectivity index (χ0v) is 17.1. The number of primary amides is 1. The topological polar surface area (TPSA) is 96.8 Å². The first-order chi connectivity index (χ1) is 13.5. The van der Waals surface area contributed by atoms with Crippen molar-refractivity contribution in [1.82, 2.24) is 19.5 Å². The number of carbonyl (C=O) groups excluding carboxylic acids is 1. The molecule has 0 spiro atoms.